The van der Waals surface area contributed by atoms with Crippen LogP contribution >= 0.6 is 11.6 Å². The minimum atomic E-state index is -3.71. The second-order valence-electron chi connectivity index (χ2n) is 7.47. The second-order valence-corrected chi connectivity index (χ2v) is 7.90. The maximum Gasteiger partial charge on any atom is 0.330 e. The summed E-state index contributed by atoms with van der Waals surface area (Å²) in [5.74, 6) is -7.88. The first-order valence-corrected chi connectivity index (χ1v) is 10.1. The number of imide groups is 1. The van der Waals surface area contributed by atoms with Gasteiger partial charge >= 0.3 is 5.92 Å². The van der Waals surface area contributed by atoms with E-state index in [4.69, 9.17) is 15.7 Å². The lowest BCUT2D eigenvalue weighted by atomic mass is 9.97. The first-order valence-electron chi connectivity index (χ1n) is 11.2. The van der Waals surface area contributed by atoms with Gasteiger partial charge in [-0.1, -0.05) is 35.9 Å². The highest BCUT2D eigenvalue weighted by molar-refractivity contribution is 6.30. The quantitative estimate of drug-likeness (QED) is 0.665. The average Bonchev–Trinajstić information content (AvgIpc) is 3.11. The molecule has 166 valence electrons. The summed E-state index contributed by atoms with van der Waals surface area (Å²) in [6.45, 7) is -0.290. The molecule has 0 saturated carbocycles. The lowest BCUT2D eigenvalue weighted by Gasteiger charge is -2.29. The number of benzene rings is 2. The number of aryl methyl sites for hydroxylation is 1. The highest BCUT2D eigenvalue weighted by Crippen LogP contribution is 2.32. The van der Waals surface area contributed by atoms with Gasteiger partial charge in [0.2, 0.25) is 17.6 Å². The fraction of sp³-hybridized carbons (Fsp3) is 0.304. The average molecular weight is 464 g/mol. The number of nitrogens with one attached hydrogen (secondary N) is 1. The molecule has 1 saturated heterocycles. The molecular weight excluding hydrogens is 442 g/mol. The number of piperidine rings is 1. The van der Waals surface area contributed by atoms with E-state index < -0.39 is 60.2 Å². The third-order valence-electron chi connectivity index (χ3n) is 5.33. The van der Waals surface area contributed by atoms with Crippen molar-refractivity contribution in [3.05, 3.63) is 69.7 Å². The fourth-order valence-corrected chi connectivity index (χ4v) is 3.76. The highest BCUT2D eigenvalue weighted by atomic mass is 35.5. The van der Waals surface area contributed by atoms with Crippen LogP contribution < -0.4 is 5.32 Å². The van der Waals surface area contributed by atoms with Crippen LogP contribution in [0.2, 0.25) is 5.02 Å². The van der Waals surface area contributed by atoms with E-state index in [0.29, 0.717) is 11.1 Å². The summed E-state index contributed by atoms with van der Waals surface area (Å²) in [7, 11) is 0. The largest absolute Gasteiger partial charge is 0.330 e. The van der Waals surface area contributed by atoms with Gasteiger partial charge in [0.05, 0.1) is 1.37 Å². The number of ketones is 1. The van der Waals surface area contributed by atoms with Crippen LogP contribution in [0.4, 0.5) is 8.78 Å². The number of Topliss-reactive ketones (excluding diaryl/α,β-unsaturated/α-hetero) is 1. The normalized spacial score (nSPS) is 23.8. The van der Waals surface area contributed by atoms with Gasteiger partial charge in [0.15, 0.2) is 0 Å². The van der Waals surface area contributed by atoms with Crippen molar-refractivity contribution in [2.24, 2.45) is 0 Å². The molecule has 1 fully saturated rings. The standard InChI is InChI=1S/C23H19ClF2N2O4/c24-16-5-3-15(4-6-16)23(25,26)19(29)9-2-13-1-7-17-14(11-13)12-28(22(17)32)18-8-10-20(30)27-21(18)31/h1,3-7,11,18H,2,8-10,12H2,(H,27,30,31)/i8D2,18D. The number of carbonyl (C=O) groups excluding carboxylic acids is 4. The molecule has 4 rings (SSSR count). The van der Waals surface area contributed by atoms with Crippen LogP contribution in [0.25, 0.3) is 0 Å². The van der Waals surface area contributed by atoms with Gasteiger partial charge in [0.25, 0.3) is 5.91 Å². The monoisotopic (exact) mass is 463 g/mol. The van der Waals surface area contributed by atoms with Crippen LogP contribution in [0.5, 0.6) is 0 Å². The van der Waals surface area contributed by atoms with Gasteiger partial charge in [-0.15, -0.1) is 0 Å². The molecule has 0 aliphatic carbocycles. The molecule has 3 amide bonds. The summed E-state index contributed by atoms with van der Waals surface area (Å²) < 4.78 is 53.7. The predicted molar refractivity (Wildman–Crippen MR) is 111 cm³/mol. The van der Waals surface area contributed by atoms with Crippen molar-refractivity contribution in [1.29, 1.82) is 0 Å². The second kappa shape index (κ2) is 8.43. The zero-order valence-electron chi connectivity index (χ0n) is 19.6. The zero-order valence-corrected chi connectivity index (χ0v) is 17.3. The summed E-state index contributed by atoms with van der Waals surface area (Å²) >= 11 is 5.71. The molecule has 1 atom stereocenters. The molecule has 0 spiro atoms. The van der Waals surface area contributed by atoms with Crippen LogP contribution in [0.3, 0.4) is 0 Å². The minimum absolute atomic E-state index is 0.0503. The molecule has 1 N–H and O–H groups in total. The molecule has 6 nitrogen and oxygen atoms in total. The Bertz CT molecular complexity index is 1260. The topological polar surface area (TPSA) is 83.6 Å². The molecule has 2 aliphatic rings. The summed E-state index contributed by atoms with van der Waals surface area (Å²) in [4.78, 5) is 50.0. The molecule has 2 aliphatic heterocycles. The maximum atomic E-state index is 14.5. The summed E-state index contributed by atoms with van der Waals surface area (Å²) in [5, 5.41) is 2.17. The van der Waals surface area contributed by atoms with Crippen LogP contribution in [0.1, 0.15) is 50.4 Å². The lowest BCUT2D eigenvalue weighted by Crippen LogP contribution is -2.52. The Morgan fingerprint density at radius 1 is 1.22 bits per heavy atom. The van der Waals surface area contributed by atoms with Crippen molar-refractivity contribution in [1.82, 2.24) is 10.2 Å². The first kappa shape index (κ1) is 18.4. The number of halogens is 3. The number of carbonyl (C=O) groups is 4. The minimum Gasteiger partial charge on any atom is -0.322 e. The van der Waals surface area contributed by atoms with Crippen molar-refractivity contribution >= 4 is 35.1 Å². The van der Waals surface area contributed by atoms with Crippen molar-refractivity contribution in [2.75, 3.05) is 0 Å². The maximum absolute atomic E-state index is 14.5. The van der Waals surface area contributed by atoms with E-state index >= 15 is 0 Å². The number of alkyl halides is 2. The van der Waals surface area contributed by atoms with Gasteiger partial charge in [-0.25, -0.2) is 0 Å². The summed E-state index contributed by atoms with van der Waals surface area (Å²) in [6.07, 6.45) is -3.93. The number of rotatable bonds is 6. The van der Waals surface area contributed by atoms with Crippen molar-refractivity contribution in [2.45, 2.75) is 44.1 Å². The van der Waals surface area contributed by atoms with Crippen LogP contribution in [-0.2, 0) is 33.3 Å². The highest BCUT2D eigenvalue weighted by Gasteiger charge is 2.41. The van der Waals surface area contributed by atoms with Gasteiger partial charge in [-0.05, 0) is 42.1 Å². The zero-order chi connectivity index (χ0) is 25.8. The Kier molecular flexibility index (Phi) is 4.86. The molecule has 1 unspecified atom stereocenters. The van der Waals surface area contributed by atoms with Crippen molar-refractivity contribution in [3.8, 4) is 0 Å². The number of hydrogen-bond acceptors (Lipinski definition) is 4. The van der Waals surface area contributed by atoms with Gasteiger partial charge in [0.1, 0.15) is 6.02 Å². The third kappa shape index (κ3) is 4.14. The van der Waals surface area contributed by atoms with Crippen LogP contribution in [-0.4, -0.2) is 34.4 Å². The molecular formula is C23H19ClF2N2O4. The van der Waals surface area contributed by atoms with E-state index in [1.807, 2.05) is 5.32 Å². The molecule has 0 radical (unpaired) electrons. The van der Waals surface area contributed by atoms with Gasteiger partial charge in [-0.3, -0.25) is 24.5 Å². The molecule has 32 heavy (non-hydrogen) atoms. The predicted octanol–water partition coefficient (Wildman–Crippen LogP) is 3.39. The molecule has 0 bridgehead atoms. The Morgan fingerprint density at radius 3 is 2.62 bits per heavy atom. The van der Waals surface area contributed by atoms with E-state index in [-0.39, 0.29) is 23.6 Å². The smallest absolute Gasteiger partial charge is 0.322 e. The number of fused-ring (bicyclic) bond motifs is 1. The Labute approximate surface area is 191 Å². The first-order chi connectivity index (χ1) is 16.3. The number of hydrogen-bond donors (Lipinski definition) is 1. The van der Waals surface area contributed by atoms with E-state index in [1.54, 1.807) is 0 Å². The molecule has 2 aromatic rings. The van der Waals surface area contributed by atoms with Gasteiger partial charge in [0, 0.05) is 38.3 Å². The van der Waals surface area contributed by atoms with Crippen LogP contribution in [0.15, 0.2) is 42.5 Å². The number of nitrogens with zero attached hydrogens (tertiary/aromatic N) is 1. The number of amides is 3. The van der Waals surface area contributed by atoms with E-state index in [9.17, 15) is 28.0 Å². The summed E-state index contributed by atoms with van der Waals surface area (Å²) in [5.41, 5.74) is 0.487. The van der Waals surface area contributed by atoms with E-state index in [0.717, 1.165) is 17.0 Å². The van der Waals surface area contributed by atoms with Gasteiger partial charge in [-0.2, -0.15) is 8.78 Å². The Hall–Kier alpha value is -3.13. The third-order valence-corrected chi connectivity index (χ3v) is 5.58. The molecule has 2 aromatic carbocycles. The SMILES string of the molecule is [2H]C1([2H])CC(=O)NC(=O)C1([2H])N1Cc2cc(CCC(=O)C(F)(F)c3ccc(Cl)cc3)ccc2C1=O. The van der Waals surface area contributed by atoms with Crippen LogP contribution in [0, 0.1) is 0 Å². The Morgan fingerprint density at radius 2 is 1.94 bits per heavy atom. The van der Waals surface area contributed by atoms with E-state index in [1.165, 1.54) is 30.3 Å². The molecule has 9 heteroatoms. The van der Waals surface area contributed by atoms with Crippen molar-refractivity contribution in [3.63, 3.8) is 0 Å². The van der Waals surface area contributed by atoms with Gasteiger partial charge < -0.3 is 4.90 Å². The molecule has 2 heterocycles. The molecule has 0 aromatic heterocycles. The fourth-order valence-electron chi connectivity index (χ4n) is 3.64. The summed E-state index contributed by atoms with van der Waals surface area (Å²) in [6, 6.07) is 6.40. The lowest BCUT2D eigenvalue weighted by molar-refractivity contribution is -0.144. The Balaban J connectivity index is 1.51. The van der Waals surface area contributed by atoms with E-state index in [2.05, 4.69) is 0 Å². The van der Waals surface area contributed by atoms with Crippen molar-refractivity contribution < 1.29 is 32.1 Å².